The molecule has 0 aliphatic carbocycles. The zero-order chi connectivity index (χ0) is 13.9. The van der Waals surface area contributed by atoms with Crippen molar-refractivity contribution < 1.29 is 31.5 Å². The molecular formula is C9H5BrF5NO2. The quantitative estimate of drug-likeness (QED) is 0.480. The van der Waals surface area contributed by atoms with Crippen LogP contribution in [-0.4, -0.2) is 17.6 Å². The van der Waals surface area contributed by atoms with Crippen LogP contribution in [0.3, 0.4) is 0 Å². The van der Waals surface area contributed by atoms with Crippen molar-refractivity contribution in [2.45, 2.75) is 18.1 Å². The molecule has 0 N–H and O–H groups in total. The molecule has 0 fully saturated rings. The fourth-order valence-corrected chi connectivity index (χ4v) is 1.71. The van der Waals surface area contributed by atoms with E-state index in [2.05, 4.69) is 25.7 Å². The molecule has 1 aromatic rings. The maximum Gasteiger partial charge on any atom is 0.573 e. The van der Waals surface area contributed by atoms with Gasteiger partial charge >= 0.3 is 6.36 Å². The number of carbonyl (C=O) groups is 1. The van der Waals surface area contributed by atoms with Gasteiger partial charge in [0.25, 0.3) is 6.43 Å². The molecule has 100 valence electrons. The molecule has 0 aromatic carbocycles. The van der Waals surface area contributed by atoms with E-state index in [0.29, 0.717) is 6.07 Å². The van der Waals surface area contributed by atoms with Crippen LogP contribution in [-0.2, 0) is 5.33 Å². The molecule has 18 heavy (non-hydrogen) atoms. The molecule has 0 saturated heterocycles. The highest BCUT2D eigenvalue weighted by atomic mass is 79.9. The molecular weight excluding hydrogens is 329 g/mol. The number of nitrogens with zero attached hydrogens (tertiary/aromatic N) is 1. The Hall–Kier alpha value is -1.25. The Balaban J connectivity index is 3.35. The lowest BCUT2D eigenvalue weighted by molar-refractivity contribution is -0.274. The highest BCUT2D eigenvalue weighted by Gasteiger charge is 2.33. The highest BCUT2D eigenvalue weighted by Crippen LogP contribution is 2.32. The Morgan fingerprint density at radius 3 is 2.44 bits per heavy atom. The van der Waals surface area contributed by atoms with Crippen molar-refractivity contribution in [3.63, 3.8) is 0 Å². The minimum atomic E-state index is -5.04. The molecule has 0 saturated carbocycles. The Kier molecular flexibility index (Phi) is 4.60. The summed E-state index contributed by atoms with van der Waals surface area (Å²) in [5.41, 5.74) is -1.73. The second kappa shape index (κ2) is 5.59. The van der Waals surface area contributed by atoms with Gasteiger partial charge in [0.05, 0.1) is 0 Å². The Bertz CT molecular complexity index is 449. The standard InChI is InChI=1S/C9H5BrF5NO2/c10-2-4-6(3-17)16-5(8(11)12)1-7(4)18-9(13,14)15/h1,3,8H,2H2. The molecule has 0 amide bonds. The van der Waals surface area contributed by atoms with Gasteiger partial charge in [-0.1, -0.05) is 15.9 Å². The lowest BCUT2D eigenvalue weighted by Gasteiger charge is -2.14. The first-order chi connectivity index (χ1) is 8.28. The normalized spacial score (nSPS) is 11.7. The van der Waals surface area contributed by atoms with Crippen LogP contribution in [0.5, 0.6) is 5.75 Å². The molecule has 1 heterocycles. The van der Waals surface area contributed by atoms with Gasteiger partial charge in [-0.05, 0) is 0 Å². The van der Waals surface area contributed by atoms with Gasteiger partial charge in [0.1, 0.15) is 17.1 Å². The van der Waals surface area contributed by atoms with Gasteiger partial charge in [0, 0.05) is 17.0 Å². The molecule has 0 aliphatic heterocycles. The third-order valence-electron chi connectivity index (χ3n) is 1.83. The number of aldehydes is 1. The topological polar surface area (TPSA) is 39.2 Å². The fraction of sp³-hybridized carbons (Fsp3) is 0.333. The SMILES string of the molecule is O=Cc1nc(C(F)F)cc(OC(F)(F)F)c1CBr. The molecule has 0 atom stereocenters. The van der Waals surface area contributed by atoms with E-state index in [9.17, 15) is 26.7 Å². The smallest absolute Gasteiger partial charge is 0.405 e. The largest absolute Gasteiger partial charge is 0.573 e. The maximum atomic E-state index is 12.4. The minimum Gasteiger partial charge on any atom is -0.405 e. The van der Waals surface area contributed by atoms with Crippen LogP contribution in [0.2, 0.25) is 0 Å². The molecule has 3 nitrogen and oxygen atoms in total. The van der Waals surface area contributed by atoms with Crippen LogP contribution in [0.1, 0.15) is 28.2 Å². The van der Waals surface area contributed by atoms with Gasteiger partial charge in [-0.25, -0.2) is 13.8 Å². The molecule has 0 aliphatic rings. The van der Waals surface area contributed by atoms with Crippen LogP contribution in [0.4, 0.5) is 22.0 Å². The Labute approximate surface area is 106 Å². The lowest BCUT2D eigenvalue weighted by Crippen LogP contribution is -2.19. The summed E-state index contributed by atoms with van der Waals surface area (Å²) in [7, 11) is 0. The van der Waals surface area contributed by atoms with E-state index < -0.39 is 29.9 Å². The zero-order valence-corrected chi connectivity index (χ0v) is 10.1. The van der Waals surface area contributed by atoms with Gasteiger partial charge in [-0.15, -0.1) is 13.2 Å². The molecule has 9 heteroatoms. The second-order valence-electron chi connectivity index (χ2n) is 3.01. The van der Waals surface area contributed by atoms with Crippen LogP contribution >= 0.6 is 15.9 Å². The van der Waals surface area contributed by atoms with Crippen LogP contribution < -0.4 is 4.74 Å². The second-order valence-corrected chi connectivity index (χ2v) is 3.57. The molecule has 0 radical (unpaired) electrons. The summed E-state index contributed by atoms with van der Waals surface area (Å²) in [6, 6.07) is 0.460. The first-order valence-corrected chi connectivity index (χ1v) is 5.49. The number of rotatable bonds is 4. The Morgan fingerprint density at radius 1 is 1.44 bits per heavy atom. The zero-order valence-electron chi connectivity index (χ0n) is 8.47. The van der Waals surface area contributed by atoms with Crippen LogP contribution in [0, 0.1) is 0 Å². The number of ether oxygens (including phenoxy) is 1. The van der Waals surface area contributed by atoms with E-state index in [1.807, 2.05) is 0 Å². The number of pyridine rings is 1. The summed E-state index contributed by atoms with van der Waals surface area (Å²) in [5.74, 6) is -0.869. The van der Waals surface area contributed by atoms with E-state index in [-0.39, 0.29) is 17.2 Å². The van der Waals surface area contributed by atoms with Crippen molar-refractivity contribution in [3.8, 4) is 5.75 Å². The number of alkyl halides is 6. The summed E-state index contributed by atoms with van der Waals surface area (Å²) in [6.45, 7) is 0. The summed E-state index contributed by atoms with van der Waals surface area (Å²) >= 11 is 2.84. The number of hydrogen-bond donors (Lipinski definition) is 0. The number of hydrogen-bond acceptors (Lipinski definition) is 3. The number of halogens is 6. The fourth-order valence-electron chi connectivity index (χ4n) is 1.15. The van der Waals surface area contributed by atoms with Crippen molar-refractivity contribution in [1.29, 1.82) is 0 Å². The molecule has 1 aromatic heterocycles. The molecule has 0 bridgehead atoms. The predicted octanol–water partition coefficient (Wildman–Crippen LogP) is 3.63. The maximum absolute atomic E-state index is 12.4. The van der Waals surface area contributed by atoms with Gasteiger partial charge in [0.2, 0.25) is 0 Å². The van der Waals surface area contributed by atoms with Crippen molar-refractivity contribution in [2.24, 2.45) is 0 Å². The number of aromatic nitrogens is 1. The lowest BCUT2D eigenvalue weighted by atomic mass is 10.2. The average molecular weight is 334 g/mol. The molecule has 0 unspecified atom stereocenters. The Morgan fingerprint density at radius 2 is 2.06 bits per heavy atom. The third-order valence-corrected chi connectivity index (χ3v) is 2.39. The first kappa shape index (κ1) is 14.8. The van der Waals surface area contributed by atoms with Gasteiger partial charge in [-0.3, -0.25) is 4.79 Å². The van der Waals surface area contributed by atoms with Gasteiger partial charge in [-0.2, -0.15) is 0 Å². The monoisotopic (exact) mass is 333 g/mol. The predicted molar refractivity (Wildman–Crippen MR) is 53.9 cm³/mol. The van der Waals surface area contributed by atoms with Crippen molar-refractivity contribution >= 4 is 22.2 Å². The summed E-state index contributed by atoms with van der Waals surface area (Å²) < 4.78 is 64.7. The number of carbonyl (C=O) groups excluding carboxylic acids is 1. The van der Waals surface area contributed by atoms with Crippen molar-refractivity contribution in [1.82, 2.24) is 4.98 Å². The summed E-state index contributed by atoms with van der Waals surface area (Å²) in [4.78, 5) is 13.9. The van der Waals surface area contributed by atoms with E-state index in [1.165, 1.54) is 0 Å². The minimum absolute atomic E-state index is 0.0890. The van der Waals surface area contributed by atoms with E-state index in [4.69, 9.17) is 0 Å². The van der Waals surface area contributed by atoms with Gasteiger partial charge in [0.15, 0.2) is 6.29 Å². The summed E-state index contributed by atoms with van der Waals surface area (Å²) in [6.07, 6.45) is -8.06. The first-order valence-electron chi connectivity index (χ1n) is 4.37. The van der Waals surface area contributed by atoms with E-state index in [0.717, 1.165) is 0 Å². The van der Waals surface area contributed by atoms with Crippen molar-refractivity contribution in [3.05, 3.63) is 23.0 Å². The van der Waals surface area contributed by atoms with Crippen LogP contribution in [0.25, 0.3) is 0 Å². The third kappa shape index (κ3) is 3.62. The van der Waals surface area contributed by atoms with Crippen LogP contribution in [0.15, 0.2) is 6.07 Å². The van der Waals surface area contributed by atoms with Gasteiger partial charge < -0.3 is 4.74 Å². The molecule has 1 rings (SSSR count). The average Bonchev–Trinajstić information content (AvgIpc) is 2.25. The highest BCUT2D eigenvalue weighted by molar-refractivity contribution is 9.08. The summed E-state index contributed by atoms with van der Waals surface area (Å²) in [5, 5.41) is -0.191. The van der Waals surface area contributed by atoms with Crippen molar-refractivity contribution in [2.75, 3.05) is 0 Å². The van der Waals surface area contributed by atoms with E-state index in [1.54, 1.807) is 0 Å². The molecule has 0 spiro atoms. The van der Waals surface area contributed by atoms with E-state index >= 15 is 0 Å².